The van der Waals surface area contributed by atoms with Crippen molar-refractivity contribution in [1.29, 1.82) is 0 Å². The van der Waals surface area contributed by atoms with E-state index in [0.717, 1.165) is 17.7 Å². The molecule has 0 heterocycles. The van der Waals surface area contributed by atoms with Gasteiger partial charge in [0.2, 0.25) is 0 Å². The Hall–Kier alpha value is -1.55. The average Bonchev–Trinajstić information content (AvgIpc) is 2.96. The molecular formula is C15H22N2O2. The number of carbonyl (C=O) groups is 1. The molecular weight excluding hydrogens is 240 g/mol. The number of aliphatic hydroxyl groups is 1. The molecule has 2 amide bonds. The zero-order chi connectivity index (χ0) is 13.5. The van der Waals surface area contributed by atoms with E-state index < -0.39 is 0 Å². The summed E-state index contributed by atoms with van der Waals surface area (Å²) in [6, 6.07) is 7.48. The van der Waals surface area contributed by atoms with Crippen molar-refractivity contribution in [1.82, 2.24) is 10.6 Å². The second kappa shape index (κ2) is 7.14. The minimum Gasteiger partial charge on any atom is -0.392 e. The molecule has 2 rings (SSSR count). The first-order valence-corrected chi connectivity index (χ1v) is 6.98. The lowest BCUT2D eigenvalue weighted by atomic mass is 10.1. The van der Waals surface area contributed by atoms with Gasteiger partial charge >= 0.3 is 6.03 Å². The van der Waals surface area contributed by atoms with E-state index >= 15 is 0 Å². The maximum Gasteiger partial charge on any atom is 0.315 e. The van der Waals surface area contributed by atoms with Gasteiger partial charge in [0.05, 0.1) is 6.61 Å². The van der Waals surface area contributed by atoms with Crippen LogP contribution in [-0.4, -0.2) is 17.7 Å². The highest BCUT2D eigenvalue weighted by molar-refractivity contribution is 5.73. The van der Waals surface area contributed by atoms with E-state index in [4.69, 9.17) is 5.11 Å². The Labute approximate surface area is 114 Å². The third-order valence-corrected chi connectivity index (χ3v) is 3.68. The van der Waals surface area contributed by atoms with Crippen LogP contribution in [-0.2, 0) is 13.2 Å². The second-order valence-electron chi connectivity index (χ2n) is 5.19. The first-order chi connectivity index (χ1) is 9.28. The lowest BCUT2D eigenvalue weighted by Gasteiger charge is -2.11. The largest absolute Gasteiger partial charge is 0.392 e. The Balaban J connectivity index is 1.67. The Bertz CT molecular complexity index is 397. The zero-order valence-electron chi connectivity index (χ0n) is 11.2. The number of rotatable bonds is 5. The lowest BCUT2D eigenvalue weighted by Crippen LogP contribution is -2.37. The predicted molar refractivity (Wildman–Crippen MR) is 74.6 cm³/mol. The van der Waals surface area contributed by atoms with Crippen molar-refractivity contribution in [3.8, 4) is 0 Å². The monoisotopic (exact) mass is 262 g/mol. The average molecular weight is 262 g/mol. The standard InChI is InChI=1S/C15H22N2O2/c18-11-14-7-5-13(6-8-14)10-17-15(19)16-9-12-3-1-2-4-12/h5-8,12,18H,1-4,9-11H2,(H2,16,17,19). The number of urea groups is 1. The van der Waals surface area contributed by atoms with E-state index in [9.17, 15) is 4.79 Å². The SMILES string of the molecule is O=C(NCc1ccc(CO)cc1)NCC1CCCC1. The molecule has 0 unspecified atom stereocenters. The highest BCUT2D eigenvalue weighted by atomic mass is 16.3. The molecule has 0 atom stereocenters. The predicted octanol–water partition coefficient (Wildman–Crippen LogP) is 2.17. The van der Waals surface area contributed by atoms with Crippen molar-refractivity contribution in [2.24, 2.45) is 5.92 Å². The summed E-state index contributed by atoms with van der Waals surface area (Å²) in [5, 5.41) is 14.7. The number of carbonyl (C=O) groups excluding carboxylic acids is 1. The first-order valence-electron chi connectivity index (χ1n) is 6.98. The molecule has 3 N–H and O–H groups in total. The van der Waals surface area contributed by atoms with Crippen molar-refractivity contribution in [3.63, 3.8) is 0 Å². The lowest BCUT2D eigenvalue weighted by molar-refractivity contribution is 0.238. The van der Waals surface area contributed by atoms with E-state index in [1.54, 1.807) is 0 Å². The molecule has 0 radical (unpaired) electrons. The highest BCUT2D eigenvalue weighted by Gasteiger charge is 2.15. The fraction of sp³-hybridized carbons (Fsp3) is 0.533. The molecule has 1 aliphatic rings. The molecule has 0 aromatic heterocycles. The molecule has 104 valence electrons. The minimum absolute atomic E-state index is 0.0512. The smallest absolute Gasteiger partial charge is 0.315 e. The molecule has 1 saturated carbocycles. The van der Waals surface area contributed by atoms with Gasteiger partial charge in [-0.3, -0.25) is 0 Å². The first kappa shape index (κ1) is 13.9. The number of hydrogen-bond acceptors (Lipinski definition) is 2. The normalized spacial score (nSPS) is 15.4. The Kier molecular flexibility index (Phi) is 5.21. The van der Waals surface area contributed by atoms with E-state index in [1.807, 2.05) is 24.3 Å². The van der Waals surface area contributed by atoms with Crippen LogP contribution in [0.1, 0.15) is 36.8 Å². The molecule has 0 spiro atoms. The van der Waals surface area contributed by atoms with Crippen molar-refractivity contribution >= 4 is 6.03 Å². The van der Waals surface area contributed by atoms with Gasteiger partial charge in [-0.05, 0) is 29.9 Å². The van der Waals surface area contributed by atoms with Gasteiger partial charge in [-0.2, -0.15) is 0 Å². The van der Waals surface area contributed by atoms with Gasteiger partial charge in [0.15, 0.2) is 0 Å². The van der Waals surface area contributed by atoms with Crippen LogP contribution in [0.2, 0.25) is 0 Å². The third kappa shape index (κ3) is 4.56. The van der Waals surface area contributed by atoms with Gasteiger partial charge in [-0.1, -0.05) is 37.1 Å². The van der Waals surface area contributed by atoms with Crippen LogP contribution in [0, 0.1) is 5.92 Å². The summed E-state index contributed by atoms with van der Waals surface area (Å²) in [5.74, 6) is 0.662. The van der Waals surface area contributed by atoms with Crippen molar-refractivity contribution in [2.75, 3.05) is 6.54 Å². The van der Waals surface area contributed by atoms with Gasteiger partial charge < -0.3 is 15.7 Å². The highest BCUT2D eigenvalue weighted by Crippen LogP contribution is 2.23. The van der Waals surface area contributed by atoms with Gasteiger partial charge in [0, 0.05) is 13.1 Å². The summed E-state index contributed by atoms with van der Waals surface area (Å²) in [4.78, 5) is 11.6. The van der Waals surface area contributed by atoms with Gasteiger partial charge in [0.1, 0.15) is 0 Å². The Morgan fingerprint density at radius 3 is 2.37 bits per heavy atom. The number of aliphatic hydroxyl groups excluding tert-OH is 1. The molecule has 0 bridgehead atoms. The summed E-state index contributed by atoms with van der Waals surface area (Å²) in [5.41, 5.74) is 1.92. The van der Waals surface area contributed by atoms with E-state index in [1.165, 1.54) is 25.7 Å². The summed E-state index contributed by atoms with van der Waals surface area (Å²) in [7, 11) is 0. The van der Waals surface area contributed by atoms with Gasteiger partial charge in [-0.25, -0.2) is 4.79 Å². The molecule has 4 heteroatoms. The molecule has 0 saturated heterocycles. The van der Waals surface area contributed by atoms with Crippen LogP contribution in [0.15, 0.2) is 24.3 Å². The fourth-order valence-corrected chi connectivity index (χ4v) is 2.46. The summed E-state index contributed by atoms with van der Waals surface area (Å²) < 4.78 is 0. The van der Waals surface area contributed by atoms with Gasteiger partial charge in [0.25, 0.3) is 0 Å². The summed E-state index contributed by atoms with van der Waals surface area (Å²) >= 11 is 0. The fourth-order valence-electron chi connectivity index (χ4n) is 2.46. The molecule has 0 aliphatic heterocycles. The Morgan fingerprint density at radius 1 is 1.11 bits per heavy atom. The van der Waals surface area contributed by atoms with E-state index in [0.29, 0.717) is 12.5 Å². The van der Waals surface area contributed by atoms with Crippen LogP contribution in [0.4, 0.5) is 4.79 Å². The molecule has 19 heavy (non-hydrogen) atoms. The minimum atomic E-state index is -0.0989. The second-order valence-corrected chi connectivity index (χ2v) is 5.19. The maximum absolute atomic E-state index is 11.6. The van der Waals surface area contributed by atoms with Crippen LogP contribution in [0.5, 0.6) is 0 Å². The number of hydrogen-bond donors (Lipinski definition) is 3. The van der Waals surface area contributed by atoms with Crippen molar-refractivity contribution in [3.05, 3.63) is 35.4 Å². The van der Waals surface area contributed by atoms with Crippen LogP contribution in [0.25, 0.3) is 0 Å². The topological polar surface area (TPSA) is 61.4 Å². The molecule has 1 fully saturated rings. The zero-order valence-corrected chi connectivity index (χ0v) is 11.2. The summed E-state index contributed by atoms with van der Waals surface area (Å²) in [6.45, 7) is 1.35. The van der Waals surface area contributed by atoms with Crippen LogP contribution in [0.3, 0.4) is 0 Å². The van der Waals surface area contributed by atoms with Crippen molar-refractivity contribution < 1.29 is 9.90 Å². The van der Waals surface area contributed by atoms with E-state index in [2.05, 4.69) is 10.6 Å². The quantitative estimate of drug-likeness (QED) is 0.761. The third-order valence-electron chi connectivity index (χ3n) is 3.68. The Morgan fingerprint density at radius 2 is 1.74 bits per heavy atom. The molecule has 1 aromatic carbocycles. The summed E-state index contributed by atoms with van der Waals surface area (Å²) in [6.07, 6.45) is 5.07. The van der Waals surface area contributed by atoms with Crippen molar-refractivity contribution in [2.45, 2.75) is 38.8 Å². The number of benzene rings is 1. The number of nitrogens with one attached hydrogen (secondary N) is 2. The van der Waals surface area contributed by atoms with Crippen LogP contribution >= 0.6 is 0 Å². The van der Waals surface area contributed by atoms with E-state index in [-0.39, 0.29) is 12.6 Å². The van der Waals surface area contributed by atoms with Crippen LogP contribution < -0.4 is 10.6 Å². The maximum atomic E-state index is 11.6. The molecule has 4 nitrogen and oxygen atoms in total. The molecule has 1 aromatic rings. The molecule has 1 aliphatic carbocycles. The van der Waals surface area contributed by atoms with Gasteiger partial charge in [-0.15, -0.1) is 0 Å². The number of amides is 2.